The van der Waals surface area contributed by atoms with E-state index in [2.05, 4.69) is 25.9 Å². The van der Waals surface area contributed by atoms with E-state index in [4.69, 9.17) is 0 Å². The Labute approximate surface area is 114 Å². The summed E-state index contributed by atoms with van der Waals surface area (Å²) in [5, 5.41) is 0. The zero-order valence-electron chi connectivity index (χ0n) is 10.00. The maximum absolute atomic E-state index is 13.9. The van der Waals surface area contributed by atoms with Gasteiger partial charge >= 0.3 is 0 Å². The first-order valence-corrected chi connectivity index (χ1v) is 7.15. The number of fused-ring (bicyclic) bond motifs is 1. The van der Waals surface area contributed by atoms with Crippen LogP contribution in [-0.2, 0) is 0 Å². The molecule has 1 aliphatic carbocycles. The zero-order chi connectivity index (χ0) is 12.5. The first-order chi connectivity index (χ1) is 8.74. The van der Waals surface area contributed by atoms with Gasteiger partial charge in [-0.05, 0) is 25.0 Å². The Morgan fingerprint density at radius 1 is 1.17 bits per heavy atom. The number of halogens is 2. The van der Waals surface area contributed by atoms with E-state index in [0.29, 0.717) is 21.4 Å². The molecule has 0 atom stereocenters. The average Bonchev–Trinajstić information content (AvgIpc) is 2.39. The van der Waals surface area contributed by atoms with Crippen LogP contribution in [0.2, 0.25) is 0 Å². The van der Waals surface area contributed by atoms with Crippen molar-refractivity contribution in [2.75, 3.05) is 0 Å². The van der Waals surface area contributed by atoms with Crippen molar-refractivity contribution in [3.63, 3.8) is 0 Å². The van der Waals surface area contributed by atoms with Crippen LogP contribution in [-0.4, -0.2) is 9.97 Å². The highest BCUT2D eigenvalue weighted by Crippen LogP contribution is 2.32. The van der Waals surface area contributed by atoms with Crippen LogP contribution in [0.15, 0.2) is 22.8 Å². The summed E-state index contributed by atoms with van der Waals surface area (Å²) < 4.78 is 14.6. The second kappa shape index (κ2) is 4.92. The lowest BCUT2D eigenvalue weighted by Gasteiger charge is -2.20. The minimum Gasteiger partial charge on any atom is -0.253 e. The molecule has 1 aliphatic rings. The van der Waals surface area contributed by atoms with Crippen LogP contribution >= 0.6 is 15.9 Å². The Hall–Kier alpha value is -1.03. The quantitative estimate of drug-likeness (QED) is 0.770. The molecule has 0 spiro atoms. The third kappa shape index (κ3) is 2.26. The van der Waals surface area contributed by atoms with Crippen molar-refractivity contribution in [1.82, 2.24) is 9.97 Å². The van der Waals surface area contributed by atoms with E-state index >= 15 is 0 Å². The van der Waals surface area contributed by atoms with Crippen molar-refractivity contribution < 1.29 is 4.39 Å². The van der Waals surface area contributed by atoms with Gasteiger partial charge in [-0.3, -0.25) is 4.98 Å². The smallest absolute Gasteiger partial charge is 0.152 e. The predicted octanol–water partition coefficient (Wildman–Crippen LogP) is 4.58. The summed E-state index contributed by atoms with van der Waals surface area (Å²) in [6.07, 6.45) is 7.90. The minimum absolute atomic E-state index is 0.301. The fourth-order valence-electron chi connectivity index (χ4n) is 2.65. The molecule has 0 amide bonds. The van der Waals surface area contributed by atoms with Crippen molar-refractivity contribution in [3.05, 3.63) is 34.3 Å². The molecule has 1 aromatic heterocycles. The number of aromatic nitrogens is 2. The molecule has 0 saturated heterocycles. The van der Waals surface area contributed by atoms with Gasteiger partial charge in [0.25, 0.3) is 0 Å². The Bertz CT molecular complexity index is 579. The van der Waals surface area contributed by atoms with E-state index in [0.717, 1.165) is 18.5 Å². The largest absolute Gasteiger partial charge is 0.253 e. The average molecular weight is 309 g/mol. The van der Waals surface area contributed by atoms with Gasteiger partial charge in [0.15, 0.2) is 5.82 Å². The summed E-state index contributed by atoms with van der Waals surface area (Å²) in [4.78, 5) is 8.83. The van der Waals surface area contributed by atoms with Crippen molar-refractivity contribution in [1.29, 1.82) is 0 Å². The molecule has 1 heterocycles. The summed E-state index contributed by atoms with van der Waals surface area (Å²) in [6.45, 7) is 0. The zero-order valence-corrected chi connectivity index (χ0v) is 11.6. The molecule has 1 saturated carbocycles. The lowest BCUT2D eigenvalue weighted by Crippen LogP contribution is -2.07. The van der Waals surface area contributed by atoms with E-state index in [-0.39, 0.29) is 5.82 Å². The van der Waals surface area contributed by atoms with E-state index < -0.39 is 0 Å². The minimum atomic E-state index is -0.301. The monoisotopic (exact) mass is 308 g/mol. The SMILES string of the molecule is Fc1cc(Br)cc2ncc(C3CCCCC3)nc12. The number of hydrogen-bond acceptors (Lipinski definition) is 2. The van der Waals surface area contributed by atoms with Crippen LogP contribution in [0, 0.1) is 5.82 Å². The van der Waals surface area contributed by atoms with Crippen molar-refractivity contribution in [3.8, 4) is 0 Å². The highest BCUT2D eigenvalue weighted by molar-refractivity contribution is 9.10. The molecule has 18 heavy (non-hydrogen) atoms. The fraction of sp³-hybridized carbons (Fsp3) is 0.429. The van der Waals surface area contributed by atoms with Gasteiger partial charge in [0.05, 0.1) is 11.2 Å². The maximum atomic E-state index is 13.9. The standard InChI is InChI=1S/C14H14BrFN2/c15-10-6-11(16)14-12(7-10)17-8-13(18-14)9-4-2-1-3-5-9/h6-9H,1-5H2. The fourth-order valence-corrected chi connectivity index (χ4v) is 3.07. The van der Waals surface area contributed by atoms with Gasteiger partial charge < -0.3 is 0 Å². The molecular formula is C14H14BrFN2. The number of rotatable bonds is 1. The Balaban J connectivity index is 2.04. The molecule has 0 N–H and O–H groups in total. The molecule has 3 rings (SSSR count). The van der Waals surface area contributed by atoms with Crippen LogP contribution in [0.4, 0.5) is 4.39 Å². The van der Waals surface area contributed by atoms with E-state index in [1.54, 1.807) is 6.07 Å². The summed E-state index contributed by atoms with van der Waals surface area (Å²) >= 11 is 3.27. The summed E-state index contributed by atoms with van der Waals surface area (Å²) in [6, 6.07) is 3.25. The number of nitrogens with zero attached hydrogens (tertiary/aromatic N) is 2. The molecule has 2 nitrogen and oxygen atoms in total. The van der Waals surface area contributed by atoms with Crippen LogP contribution in [0.1, 0.15) is 43.7 Å². The van der Waals surface area contributed by atoms with Gasteiger partial charge in [0.1, 0.15) is 5.52 Å². The first kappa shape index (κ1) is 12.0. The lowest BCUT2D eigenvalue weighted by atomic mass is 9.87. The molecule has 0 radical (unpaired) electrons. The predicted molar refractivity (Wildman–Crippen MR) is 73.0 cm³/mol. The van der Waals surface area contributed by atoms with Gasteiger partial charge in [0.2, 0.25) is 0 Å². The number of hydrogen-bond donors (Lipinski definition) is 0. The van der Waals surface area contributed by atoms with Gasteiger partial charge in [-0.15, -0.1) is 0 Å². The third-order valence-electron chi connectivity index (χ3n) is 3.61. The van der Waals surface area contributed by atoms with E-state index in [1.807, 2.05) is 6.20 Å². The second-order valence-corrected chi connectivity index (χ2v) is 5.80. The molecule has 0 aliphatic heterocycles. The first-order valence-electron chi connectivity index (χ1n) is 6.36. The molecule has 0 unspecified atom stereocenters. The summed E-state index contributed by atoms with van der Waals surface area (Å²) in [5.41, 5.74) is 1.95. The Morgan fingerprint density at radius 3 is 2.72 bits per heavy atom. The van der Waals surface area contributed by atoms with Crippen LogP contribution in [0.5, 0.6) is 0 Å². The van der Waals surface area contributed by atoms with Gasteiger partial charge in [-0.1, -0.05) is 35.2 Å². The molecule has 2 aromatic rings. The van der Waals surface area contributed by atoms with Crippen molar-refractivity contribution in [2.24, 2.45) is 0 Å². The normalized spacial score (nSPS) is 17.2. The molecule has 0 bridgehead atoms. The van der Waals surface area contributed by atoms with Crippen LogP contribution in [0.3, 0.4) is 0 Å². The maximum Gasteiger partial charge on any atom is 0.152 e. The number of benzene rings is 1. The molecule has 1 aromatic carbocycles. The molecule has 1 fully saturated rings. The molecule has 94 valence electrons. The Kier molecular flexibility index (Phi) is 3.29. The lowest BCUT2D eigenvalue weighted by molar-refractivity contribution is 0.436. The second-order valence-electron chi connectivity index (χ2n) is 4.89. The molecular weight excluding hydrogens is 295 g/mol. The van der Waals surface area contributed by atoms with E-state index in [9.17, 15) is 4.39 Å². The van der Waals surface area contributed by atoms with Crippen LogP contribution < -0.4 is 0 Å². The summed E-state index contributed by atoms with van der Waals surface area (Å²) in [7, 11) is 0. The van der Waals surface area contributed by atoms with Gasteiger partial charge in [-0.2, -0.15) is 0 Å². The highest BCUT2D eigenvalue weighted by atomic mass is 79.9. The summed E-state index contributed by atoms with van der Waals surface area (Å²) in [5.74, 6) is 0.156. The van der Waals surface area contributed by atoms with Gasteiger partial charge in [-0.25, -0.2) is 9.37 Å². The van der Waals surface area contributed by atoms with Crippen LogP contribution in [0.25, 0.3) is 11.0 Å². The van der Waals surface area contributed by atoms with Crippen molar-refractivity contribution >= 4 is 27.0 Å². The third-order valence-corrected chi connectivity index (χ3v) is 4.07. The Morgan fingerprint density at radius 2 is 1.94 bits per heavy atom. The topological polar surface area (TPSA) is 25.8 Å². The van der Waals surface area contributed by atoms with Crippen molar-refractivity contribution in [2.45, 2.75) is 38.0 Å². The highest BCUT2D eigenvalue weighted by Gasteiger charge is 2.18. The van der Waals surface area contributed by atoms with Gasteiger partial charge in [0, 0.05) is 16.6 Å². The molecule has 4 heteroatoms. The van der Waals surface area contributed by atoms with E-state index in [1.165, 1.54) is 25.3 Å².